The molecule has 0 saturated carbocycles. The lowest BCUT2D eigenvalue weighted by Crippen LogP contribution is -2.47. The van der Waals surface area contributed by atoms with Gasteiger partial charge in [-0.1, -0.05) is 44.5 Å². The van der Waals surface area contributed by atoms with Gasteiger partial charge in [-0.3, -0.25) is 0 Å². The highest BCUT2D eigenvalue weighted by Crippen LogP contribution is 2.24. The molecule has 1 aromatic carbocycles. The lowest BCUT2D eigenvalue weighted by molar-refractivity contribution is 0.221. The van der Waals surface area contributed by atoms with E-state index in [2.05, 4.69) is 25.7 Å². The van der Waals surface area contributed by atoms with E-state index in [1.165, 1.54) is 0 Å². The van der Waals surface area contributed by atoms with E-state index in [1.54, 1.807) is 0 Å². The highest BCUT2D eigenvalue weighted by atomic mass is 35.5. The molecule has 0 aliphatic carbocycles. The van der Waals surface area contributed by atoms with Crippen LogP contribution in [0.15, 0.2) is 24.3 Å². The Hall–Kier alpha value is -0.570. The van der Waals surface area contributed by atoms with Gasteiger partial charge >= 0.3 is 0 Å². The Morgan fingerprint density at radius 1 is 1.12 bits per heavy atom. The van der Waals surface area contributed by atoms with Crippen LogP contribution in [0.25, 0.3) is 0 Å². The van der Waals surface area contributed by atoms with Crippen molar-refractivity contribution in [2.45, 2.75) is 32.7 Å². The monoisotopic (exact) mass is 254 g/mol. The van der Waals surface area contributed by atoms with Gasteiger partial charge in [-0.25, -0.2) is 0 Å². The largest absolute Gasteiger partial charge is 0.320 e. The first-order valence-corrected chi connectivity index (χ1v) is 6.70. The Labute approximate surface area is 110 Å². The molecule has 0 radical (unpaired) electrons. The van der Waals surface area contributed by atoms with E-state index in [0.29, 0.717) is 0 Å². The van der Waals surface area contributed by atoms with E-state index in [-0.39, 0.29) is 5.54 Å². The molecule has 0 heterocycles. The van der Waals surface area contributed by atoms with Gasteiger partial charge in [0.15, 0.2) is 0 Å². The third-order valence-electron chi connectivity index (χ3n) is 3.45. The molecule has 3 heteroatoms. The smallest absolute Gasteiger partial charge is 0.0535 e. The van der Waals surface area contributed by atoms with Crippen LogP contribution in [0.4, 0.5) is 0 Å². The maximum absolute atomic E-state index is 6.54. The zero-order valence-electron chi connectivity index (χ0n) is 11.0. The van der Waals surface area contributed by atoms with Gasteiger partial charge in [0.2, 0.25) is 0 Å². The highest BCUT2D eigenvalue weighted by molar-refractivity contribution is 6.30. The molecule has 1 unspecified atom stereocenters. The minimum Gasteiger partial charge on any atom is -0.320 e. The standard InChI is InChI=1S/C14H23ClN2/c1-4-14(16,11-17(5-2)6-3)12-7-9-13(15)10-8-12/h7-10H,4-6,11,16H2,1-3H3. The Morgan fingerprint density at radius 2 is 1.65 bits per heavy atom. The van der Waals surface area contributed by atoms with Crippen molar-refractivity contribution in [3.63, 3.8) is 0 Å². The molecule has 2 nitrogen and oxygen atoms in total. The summed E-state index contributed by atoms with van der Waals surface area (Å²) in [5.74, 6) is 0. The second-order valence-electron chi connectivity index (χ2n) is 4.48. The number of rotatable bonds is 6. The van der Waals surface area contributed by atoms with E-state index in [0.717, 1.165) is 36.6 Å². The molecule has 0 aromatic heterocycles. The molecule has 0 amide bonds. The van der Waals surface area contributed by atoms with Crippen LogP contribution >= 0.6 is 11.6 Å². The van der Waals surface area contributed by atoms with Gasteiger partial charge in [-0.15, -0.1) is 0 Å². The van der Waals surface area contributed by atoms with Crippen LogP contribution in [-0.2, 0) is 5.54 Å². The number of benzene rings is 1. The first kappa shape index (κ1) is 14.5. The zero-order chi connectivity index (χ0) is 12.9. The normalized spacial score (nSPS) is 14.9. The summed E-state index contributed by atoms with van der Waals surface area (Å²) in [4.78, 5) is 2.36. The predicted octanol–water partition coefficient (Wildman–Crippen LogP) is 3.25. The number of hydrogen-bond donors (Lipinski definition) is 1. The Balaban J connectivity index is 2.90. The minimum absolute atomic E-state index is 0.281. The van der Waals surface area contributed by atoms with Crippen molar-refractivity contribution >= 4 is 11.6 Å². The summed E-state index contributed by atoms with van der Waals surface area (Å²) in [5.41, 5.74) is 7.42. The van der Waals surface area contributed by atoms with Gasteiger partial charge in [0.05, 0.1) is 5.54 Å². The lowest BCUT2D eigenvalue weighted by atomic mass is 9.87. The molecule has 0 bridgehead atoms. The van der Waals surface area contributed by atoms with Gasteiger partial charge in [0.25, 0.3) is 0 Å². The van der Waals surface area contributed by atoms with Crippen LogP contribution in [0.2, 0.25) is 5.02 Å². The molecule has 96 valence electrons. The summed E-state index contributed by atoms with van der Waals surface area (Å²) in [6.07, 6.45) is 0.922. The quantitative estimate of drug-likeness (QED) is 0.845. The van der Waals surface area contributed by atoms with E-state index in [4.69, 9.17) is 17.3 Å². The first-order valence-electron chi connectivity index (χ1n) is 6.33. The van der Waals surface area contributed by atoms with Gasteiger partial charge in [0.1, 0.15) is 0 Å². The van der Waals surface area contributed by atoms with Crippen molar-refractivity contribution < 1.29 is 0 Å². The van der Waals surface area contributed by atoms with Gasteiger partial charge in [-0.2, -0.15) is 0 Å². The minimum atomic E-state index is -0.281. The molecule has 0 aliphatic rings. The van der Waals surface area contributed by atoms with E-state index < -0.39 is 0 Å². The van der Waals surface area contributed by atoms with Crippen LogP contribution < -0.4 is 5.73 Å². The number of nitrogens with zero attached hydrogens (tertiary/aromatic N) is 1. The summed E-state index contributed by atoms with van der Waals surface area (Å²) in [6, 6.07) is 7.90. The summed E-state index contributed by atoms with van der Waals surface area (Å²) >= 11 is 5.91. The molecular weight excluding hydrogens is 232 g/mol. The SMILES string of the molecule is CCN(CC)CC(N)(CC)c1ccc(Cl)cc1. The average molecular weight is 255 g/mol. The number of hydrogen-bond acceptors (Lipinski definition) is 2. The van der Waals surface area contributed by atoms with Gasteiger partial charge < -0.3 is 10.6 Å². The summed E-state index contributed by atoms with van der Waals surface area (Å²) in [5, 5.41) is 0.759. The molecule has 1 atom stereocenters. The fourth-order valence-electron chi connectivity index (χ4n) is 2.04. The van der Waals surface area contributed by atoms with E-state index in [9.17, 15) is 0 Å². The van der Waals surface area contributed by atoms with Crippen molar-refractivity contribution in [2.75, 3.05) is 19.6 Å². The van der Waals surface area contributed by atoms with Crippen molar-refractivity contribution in [3.8, 4) is 0 Å². The maximum atomic E-state index is 6.54. The van der Waals surface area contributed by atoms with Crippen LogP contribution in [0, 0.1) is 0 Å². The van der Waals surface area contributed by atoms with Crippen LogP contribution in [0.3, 0.4) is 0 Å². The second-order valence-corrected chi connectivity index (χ2v) is 4.91. The lowest BCUT2D eigenvalue weighted by Gasteiger charge is -2.34. The number of halogens is 1. The molecule has 0 fully saturated rings. The van der Waals surface area contributed by atoms with E-state index >= 15 is 0 Å². The molecular formula is C14H23ClN2. The zero-order valence-corrected chi connectivity index (χ0v) is 11.8. The van der Waals surface area contributed by atoms with Crippen LogP contribution in [0.1, 0.15) is 32.8 Å². The Bertz CT molecular complexity index is 333. The summed E-state index contributed by atoms with van der Waals surface area (Å²) in [7, 11) is 0. The molecule has 1 aromatic rings. The molecule has 2 N–H and O–H groups in total. The average Bonchev–Trinajstić information content (AvgIpc) is 2.36. The Morgan fingerprint density at radius 3 is 2.06 bits per heavy atom. The highest BCUT2D eigenvalue weighted by Gasteiger charge is 2.26. The number of likely N-dealkylation sites (N-methyl/N-ethyl adjacent to an activating group) is 1. The Kier molecular flexibility index (Phi) is 5.44. The van der Waals surface area contributed by atoms with E-state index in [1.807, 2.05) is 24.3 Å². The number of nitrogens with two attached hydrogens (primary N) is 1. The molecule has 17 heavy (non-hydrogen) atoms. The predicted molar refractivity (Wildman–Crippen MR) is 75.4 cm³/mol. The molecule has 0 spiro atoms. The third kappa shape index (κ3) is 3.70. The molecule has 1 rings (SSSR count). The van der Waals surface area contributed by atoms with Gasteiger partial charge in [-0.05, 0) is 37.2 Å². The van der Waals surface area contributed by atoms with Crippen molar-refractivity contribution in [2.24, 2.45) is 5.73 Å². The molecule has 0 saturated heterocycles. The van der Waals surface area contributed by atoms with Crippen LogP contribution in [0.5, 0.6) is 0 Å². The van der Waals surface area contributed by atoms with Crippen molar-refractivity contribution in [1.29, 1.82) is 0 Å². The fraction of sp³-hybridized carbons (Fsp3) is 0.571. The van der Waals surface area contributed by atoms with Gasteiger partial charge in [0, 0.05) is 11.6 Å². The summed E-state index contributed by atoms with van der Waals surface area (Å²) in [6.45, 7) is 9.42. The topological polar surface area (TPSA) is 29.3 Å². The van der Waals surface area contributed by atoms with Crippen molar-refractivity contribution in [1.82, 2.24) is 4.90 Å². The fourth-order valence-corrected chi connectivity index (χ4v) is 2.16. The second kappa shape index (κ2) is 6.39. The first-order chi connectivity index (χ1) is 8.05. The third-order valence-corrected chi connectivity index (χ3v) is 3.70. The van der Waals surface area contributed by atoms with Crippen LogP contribution in [-0.4, -0.2) is 24.5 Å². The summed E-state index contributed by atoms with van der Waals surface area (Å²) < 4.78 is 0. The molecule has 0 aliphatic heterocycles. The maximum Gasteiger partial charge on any atom is 0.0535 e. The van der Waals surface area contributed by atoms with Crippen molar-refractivity contribution in [3.05, 3.63) is 34.9 Å².